The molecule has 1 fully saturated rings. The summed E-state index contributed by atoms with van der Waals surface area (Å²) in [5.74, 6) is -2.28. The van der Waals surface area contributed by atoms with Crippen molar-refractivity contribution in [2.75, 3.05) is 19.7 Å². The highest BCUT2D eigenvalue weighted by Gasteiger charge is 2.29. The number of piperidine rings is 1. The van der Waals surface area contributed by atoms with Crippen molar-refractivity contribution in [1.82, 2.24) is 9.88 Å². The lowest BCUT2D eigenvalue weighted by Crippen LogP contribution is -2.45. The van der Waals surface area contributed by atoms with Crippen molar-refractivity contribution in [1.29, 1.82) is 0 Å². The van der Waals surface area contributed by atoms with E-state index < -0.39 is 18.0 Å². The first-order chi connectivity index (χ1) is 17.7. The predicted octanol–water partition coefficient (Wildman–Crippen LogP) is 5.20. The Bertz CT molecular complexity index is 1370. The van der Waals surface area contributed by atoms with Crippen LogP contribution < -0.4 is 4.74 Å². The number of aliphatic hydroxyl groups excluding tert-OH is 1. The molecular weight excluding hydrogens is 516 g/mol. The van der Waals surface area contributed by atoms with E-state index in [-0.39, 0.29) is 0 Å². The third-order valence-corrected chi connectivity index (χ3v) is 8.15. The molecule has 0 spiro atoms. The number of β-amino-alcohol motifs (C(OH)–C–C–N with tert-alkyl or cyclic N) is 1. The van der Waals surface area contributed by atoms with Crippen LogP contribution in [0.3, 0.4) is 0 Å². The fourth-order valence-corrected chi connectivity index (χ4v) is 6.21. The Hall–Kier alpha value is -3.11. The number of aliphatic carboxylic acids is 2. The number of likely N-dealkylation sites (tertiary alicyclic amines) is 1. The van der Waals surface area contributed by atoms with Crippen LogP contribution in [0.25, 0.3) is 21.0 Å². The Kier molecular flexibility index (Phi) is 8.71. The highest BCUT2D eigenvalue weighted by atomic mass is 35.5. The molecule has 4 aromatic rings. The number of nitrogens with one attached hydrogen (secondary N) is 1. The number of thiophene rings is 1. The molecular formula is C27H29ClN2O6S. The summed E-state index contributed by atoms with van der Waals surface area (Å²) in [5, 5.41) is 28.5. The van der Waals surface area contributed by atoms with Gasteiger partial charge in [-0.05, 0) is 68.6 Å². The maximum atomic E-state index is 10.6. The number of benzene rings is 2. The fourth-order valence-electron chi connectivity index (χ4n) is 4.69. The molecule has 0 radical (unpaired) electrons. The van der Waals surface area contributed by atoms with Gasteiger partial charge < -0.3 is 25.0 Å². The number of carboxylic acid groups (broad SMARTS) is 2. The van der Waals surface area contributed by atoms with E-state index in [0.29, 0.717) is 25.1 Å². The maximum absolute atomic E-state index is 10.6. The van der Waals surface area contributed by atoms with Gasteiger partial charge in [-0.1, -0.05) is 23.7 Å². The molecule has 0 bridgehead atoms. The largest absolute Gasteiger partial charge is 0.490 e. The second-order valence-corrected chi connectivity index (χ2v) is 10.7. The van der Waals surface area contributed by atoms with Gasteiger partial charge in [0.15, 0.2) is 0 Å². The number of hydrogen-bond acceptors (Lipinski definition) is 6. The zero-order valence-electron chi connectivity index (χ0n) is 20.3. The number of H-pyrrole nitrogens is 1. The van der Waals surface area contributed by atoms with E-state index in [1.807, 2.05) is 53.9 Å². The number of fused-ring (bicyclic) bond motifs is 2. The highest BCUT2D eigenvalue weighted by Crippen LogP contribution is 2.40. The van der Waals surface area contributed by atoms with Gasteiger partial charge in [0, 0.05) is 49.7 Å². The number of nitrogens with zero attached hydrogens (tertiary/aromatic N) is 1. The Morgan fingerprint density at radius 3 is 2.62 bits per heavy atom. The molecule has 3 heterocycles. The molecule has 0 amide bonds. The summed E-state index contributed by atoms with van der Waals surface area (Å²) < 4.78 is 7.21. The third kappa shape index (κ3) is 6.61. The molecule has 3 atom stereocenters. The van der Waals surface area contributed by atoms with Gasteiger partial charge in [0.25, 0.3) is 0 Å². The molecule has 0 saturated carbocycles. The molecule has 0 unspecified atom stereocenters. The molecule has 4 N–H and O–H groups in total. The van der Waals surface area contributed by atoms with Crippen LogP contribution in [0.2, 0.25) is 5.02 Å². The summed E-state index contributed by atoms with van der Waals surface area (Å²) in [7, 11) is 0. The summed E-state index contributed by atoms with van der Waals surface area (Å²) >= 11 is 8.24. The smallest absolute Gasteiger partial charge is 0.414 e. The molecule has 0 aliphatic carbocycles. The third-order valence-electron chi connectivity index (χ3n) is 6.56. The fraction of sp³-hybridized carbons (Fsp3) is 0.333. The van der Waals surface area contributed by atoms with Gasteiger partial charge in [0.1, 0.15) is 18.5 Å². The lowest BCUT2D eigenvalue weighted by atomic mass is 9.90. The van der Waals surface area contributed by atoms with Crippen LogP contribution in [-0.4, -0.2) is 69.0 Å². The zero-order valence-corrected chi connectivity index (χ0v) is 21.8. The number of carbonyl (C=O) groups is 2. The summed E-state index contributed by atoms with van der Waals surface area (Å²) in [6, 6.07) is 16.8. The second kappa shape index (κ2) is 12.0. The van der Waals surface area contributed by atoms with Crippen LogP contribution in [0, 0.1) is 0 Å². The number of halogens is 1. The molecule has 10 heteroatoms. The van der Waals surface area contributed by atoms with Crippen molar-refractivity contribution in [3.05, 3.63) is 64.6 Å². The normalized spacial score (nSPS) is 18.8. The average Bonchev–Trinajstić information content (AvgIpc) is 3.52. The highest BCUT2D eigenvalue weighted by molar-refractivity contribution is 7.19. The summed E-state index contributed by atoms with van der Waals surface area (Å²) in [5.41, 5.74) is 1.05. The van der Waals surface area contributed by atoms with Gasteiger partial charge in [-0.2, -0.15) is 0 Å². The van der Waals surface area contributed by atoms with Crippen LogP contribution in [0.5, 0.6) is 5.75 Å². The number of hydrogen-bond donors (Lipinski definition) is 4. The molecule has 8 nitrogen and oxygen atoms in total. The average molecular weight is 545 g/mol. The number of aromatic amines is 1. The van der Waals surface area contributed by atoms with Gasteiger partial charge in [-0.25, -0.2) is 9.59 Å². The van der Waals surface area contributed by atoms with Crippen LogP contribution in [-0.2, 0) is 9.59 Å². The molecule has 2 aromatic heterocycles. The minimum Gasteiger partial charge on any atom is -0.490 e. The van der Waals surface area contributed by atoms with E-state index in [1.54, 1.807) is 0 Å². The summed E-state index contributed by atoms with van der Waals surface area (Å²) in [4.78, 5) is 25.2. The van der Waals surface area contributed by atoms with Crippen molar-refractivity contribution < 1.29 is 29.6 Å². The predicted molar refractivity (Wildman–Crippen MR) is 145 cm³/mol. The lowest BCUT2D eigenvalue weighted by Gasteiger charge is -2.38. The summed E-state index contributed by atoms with van der Waals surface area (Å²) in [6.07, 6.45) is 3.59. The van der Waals surface area contributed by atoms with E-state index in [2.05, 4.69) is 28.9 Å². The molecule has 1 aliphatic rings. The first-order valence-corrected chi connectivity index (χ1v) is 13.2. The van der Waals surface area contributed by atoms with Crippen molar-refractivity contribution in [3.8, 4) is 5.75 Å². The minimum atomic E-state index is -1.82. The van der Waals surface area contributed by atoms with E-state index in [4.69, 9.17) is 36.1 Å². The monoisotopic (exact) mass is 544 g/mol. The standard InChI is InChI=1S/C25H27ClN2O2S.C2H2O4/c1-16-12-17(25-13-20-21(26)4-2-7-24(20)31-25)9-11-28(16)14-18(29)15-30-23-6-3-5-22-19(23)8-10-27-22;3-1(4)2(5)6/h2-8,10,13,16-18,27,29H,9,11-12,14-15H2,1H3;(H,3,4)(H,5,6)/t16-,17-,18+;/m1./s1. The van der Waals surface area contributed by atoms with Gasteiger partial charge in [0.2, 0.25) is 0 Å². The number of rotatable bonds is 6. The molecule has 1 saturated heterocycles. The first-order valence-electron chi connectivity index (χ1n) is 12.0. The topological polar surface area (TPSA) is 123 Å². The van der Waals surface area contributed by atoms with E-state index in [9.17, 15) is 5.11 Å². The van der Waals surface area contributed by atoms with Crippen molar-refractivity contribution >= 4 is 55.9 Å². The first kappa shape index (κ1) is 26.9. The molecule has 1 aliphatic heterocycles. The Morgan fingerprint density at radius 2 is 1.92 bits per heavy atom. The Balaban J connectivity index is 0.000000480. The second-order valence-electron chi connectivity index (χ2n) is 9.14. The van der Waals surface area contributed by atoms with Crippen LogP contribution >= 0.6 is 22.9 Å². The van der Waals surface area contributed by atoms with Crippen molar-refractivity contribution in [2.24, 2.45) is 0 Å². The van der Waals surface area contributed by atoms with Gasteiger partial charge in [-0.15, -0.1) is 11.3 Å². The van der Waals surface area contributed by atoms with Crippen molar-refractivity contribution in [2.45, 2.75) is 37.8 Å². The lowest BCUT2D eigenvalue weighted by molar-refractivity contribution is -0.159. The van der Waals surface area contributed by atoms with Crippen LogP contribution in [0.1, 0.15) is 30.6 Å². The van der Waals surface area contributed by atoms with E-state index in [0.717, 1.165) is 41.1 Å². The van der Waals surface area contributed by atoms with Gasteiger partial charge in [0.05, 0.1) is 0 Å². The number of ether oxygens (including phenoxy) is 1. The quantitative estimate of drug-likeness (QED) is 0.246. The Morgan fingerprint density at radius 1 is 1.16 bits per heavy atom. The van der Waals surface area contributed by atoms with E-state index in [1.165, 1.54) is 15.0 Å². The molecule has 5 rings (SSSR count). The minimum absolute atomic E-state index is 0.297. The van der Waals surface area contributed by atoms with Crippen LogP contribution in [0.4, 0.5) is 0 Å². The number of aliphatic hydroxyl groups is 1. The number of aromatic nitrogens is 1. The molecule has 196 valence electrons. The van der Waals surface area contributed by atoms with Crippen LogP contribution in [0.15, 0.2) is 54.7 Å². The number of carboxylic acids is 2. The van der Waals surface area contributed by atoms with E-state index >= 15 is 0 Å². The van der Waals surface area contributed by atoms with Gasteiger partial charge >= 0.3 is 11.9 Å². The van der Waals surface area contributed by atoms with Crippen molar-refractivity contribution in [3.63, 3.8) is 0 Å². The zero-order chi connectivity index (χ0) is 26.5. The molecule has 37 heavy (non-hydrogen) atoms. The van der Waals surface area contributed by atoms with Gasteiger partial charge in [-0.3, -0.25) is 4.90 Å². The molecule has 2 aromatic carbocycles. The maximum Gasteiger partial charge on any atom is 0.414 e. The SMILES string of the molecule is C[C@@H]1C[C@H](c2cc3c(Cl)cccc3s2)CCN1C[C@H](O)COc1cccc2[nH]ccc12.O=C(O)C(=O)O. The Labute approximate surface area is 223 Å². The summed E-state index contributed by atoms with van der Waals surface area (Å²) in [6.45, 7) is 4.18.